The number of anilines is 1. The predicted molar refractivity (Wildman–Crippen MR) is 106 cm³/mol. The number of benzene rings is 2. The molecule has 6 nitrogen and oxygen atoms in total. The number of imide groups is 1. The third kappa shape index (κ3) is 3.74. The first-order valence-electron chi connectivity index (χ1n) is 9.51. The third-order valence-corrected chi connectivity index (χ3v) is 5.84. The molecule has 2 N–H and O–H groups in total. The van der Waals surface area contributed by atoms with Crippen molar-refractivity contribution < 1.29 is 27.6 Å². The second kappa shape index (κ2) is 7.56. The number of carbonyl (C=O) groups excluding carboxylic acids is 3. The maximum Gasteiger partial charge on any atom is 0.417 e. The Labute approximate surface area is 180 Å². The van der Waals surface area contributed by atoms with Gasteiger partial charge in [-0.25, -0.2) is 4.79 Å². The Morgan fingerprint density at radius 1 is 1.19 bits per heavy atom. The van der Waals surface area contributed by atoms with E-state index in [2.05, 4.69) is 10.6 Å². The molecule has 1 spiro atoms. The van der Waals surface area contributed by atoms with E-state index < -0.39 is 46.7 Å². The molecule has 31 heavy (non-hydrogen) atoms. The van der Waals surface area contributed by atoms with Gasteiger partial charge in [0, 0.05) is 5.69 Å². The fourth-order valence-electron chi connectivity index (χ4n) is 4.12. The summed E-state index contributed by atoms with van der Waals surface area (Å²) in [6, 6.07) is 9.51. The zero-order chi connectivity index (χ0) is 22.4. The second-order valence-corrected chi connectivity index (χ2v) is 7.89. The number of fused-ring (bicyclic) bond motifs is 2. The lowest BCUT2D eigenvalue weighted by molar-refractivity contribution is -0.137. The molecule has 2 aliphatic rings. The van der Waals surface area contributed by atoms with Crippen molar-refractivity contribution in [2.75, 3.05) is 11.9 Å². The highest BCUT2D eigenvalue weighted by Crippen LogP contribution is 2.40. The molecule has 1 saturated heterocycles. The zero-order valence-electron chi connectivity index (χ0n) is 16.1. The summed E-state index contributed by atoms with van der Waals surface area (Å²) in [5.41, 5.74) is -0.813. The van der Waals surface area contributed by atoms with E-state index in [0.29, 0.717) is 24.5 Å². The third-order valence-electron chi connectivity index (χ3n) is 5.51. The average molecular weight is 452 g/mol. The van der Waals surface area contributed by atoms with Crippen LogP contribution in [0.5, 0.6) is 0 Å². The van der Waals surface area contributed by atoms with Crippen LogP contribution in [0.25, 0.3) is 0 Å². The molecule has 1 aliphatic carbocycles. The van der Waals surface area contributed by atoms with Gasteiger partial charge in [0.25, 0.3) is 5.91 Å². The Kier molecular flexibility index (Phi) is 5.17. The first-order chi connectivity index (χ1) is 14.6. The number of rotatable bonds is 3. The molecule has 162 valence electrons. The van der Waals surface area contributed by atoms with Crippen molar-refractivity contribution in [1.82, 2.24) is 10.2 Å². The summed E-state index contributed by atoms with van der Waals surface area (Å²) in [5, 5.41) is 4.51. The summed E-state index contributed by atoms with van der Waals surface area (Å²) in [6.07, 6.45) is -2.82. The first kappa shape index (κ1) is 21.2. The minimum Gasteiger partial charge on any atom is -0.325 e. The van der Waals surface area contributed by atoms with Crippen molar-refractivity contribution in [1.29, 1.82) is 0 Å². The van der Waals surface area contributed by atoms with Crippen molar-refractivity contribution in [3.05, 3.63) is 64.2 Å². The van der Waals surface area contributed by atoms with Gasteiger partial charge < -0.3 is 10.6 Å². The maximum absolute atomic E-state index is 13.2. The van der Waals surface area contributed by atoms with E-state index in [0.717, 1.165) is 23.0 Å². The largest absolute Gasteiger partial charge is 0.417 e. The standard InChI is InChI=1S/C21H17ClF3N3O3/c22-16-8-7-13(10-15(16)21(23,24)25)26-17(29)11-28-18(30)20(27-19(28)31)9-3-5-12-4-1-2-6-14(12)20/h1-2,4,6-8,10H,3,5,9,11H2,(H,26,29)(H,27,31). The highest BCUT2D eigenvalue weighted by atomic mass is 35.5. The molecular formula is C21H17ClF3N3O3. The summed E-state index contributed by atoms with van der Waals surface area (Å²) in [5.74, 6) is -1.35. The lowest BCUT2D eigenvalue weighted by Gasteiger charge is -2.33. The summed E-state index contributed by atoms with van der Waals surface area (Å²) in [4.78, 5) is 38.9. The zero-order valence-corrected chi connectivity index (χ0v) is 16.8. The molecule has 0 bridgehead atoms. The van der Waals surface area contributed by atoms with Gasteiger partial charge in [-0.15, -0.1) is 0 Å². The SMILES string of the molecule is O=C(CN1C(=O)NC2(CCCc3ccccc32)C1=O)Nc1ccc(Cl)c(C(F)(F)F)c1. The molecule has 1 aliphatic heterocycles. The molecule has 0 aromatic heterocycles. The molecule has 1 fully saturated rings. The van der Waals surface area contributed by atoms with Gasteiger partial charge in [0.1, 0.15) is 12.1 Å². The van der Waals surface area contributed by atoms with Gasteiger partial charge >= 0.3 is 12.2 Å². The van der Waals surface area contributed by atoms with Crippen molar-refractivity contribution in [3.63, 3.8) is 0 Å². The molecule has 4 amide bonds. The molecule has 0 radical (unpaired) electrons. The van der Waals surface area contributed by atoms with Crippen molar-refractivity contribution in [2.45, 2.75) is 31.0 Å². The van der Waals surface area contributed by atoms with Crippen LogP contribution in [0.15, 0.2) is 42.5 Å². The normalized spacial score (nSPS) is 20.6. The minimum absolute atomic E-state index is 0.147. The molecule has 0 saturated carbocycles. The Bertz CT molecular complexity index is 1090. The average Bonchev–Trinajstić information content (AvgIpc) is 2.94. The first-order valence-corrected chi connectivity index (χ1v) is 9.89. The van der Waals surface area contributed by atoms with E-state index in [1.54, 1.807) is 12.1 Å². The molecule has 1 unspecified atom stereocenters. The highest BCUT2D eigenvalue weighted by Gasteiger charge is 2.54. The Morgan fingerprint density at radius 3 is 2.68 bits per heavy atom. The van der Waals surface area contributed by atoms with E-state index in [1.807, 2.05) is 12.1 Å². The van der Waals surface area contributed by atoms with Crippen molar-refractivity contribution in [2.24, 2.45) is 0 Å². The van der Waals surface area contributed by atoms with Gasteiger partial charge in [-0.3, -0.25) is 14.5 Å². The summed E-state index contributed by atoms with van der Waals surface area (Å²) >= 11 is 5.58. The molecule has 4 rings (SSSR count). The van der Waals surface area contributed by atoms with Crippen LogP contribution < -0.4 is 10.6 Å². The van der Waals surface area contributed by atoms with Crippen molar-refractivity contribution in [3.8, 4) is 0 Å². The fraction of sp³-hybridized carbons (Fsp3) is 0.286. The number of carbonyl (C=O) groups is 3. The number of nitrogens with one attached hydrogen (secondary N) is 2. The van der Waals surface area contributed by atoms with Crippen LogP contribution >= 0.6 is 11.6 Å². The van der Waals surface area contributed by atoms with Gasteiger partial charge in [-0.2, -0.15) is 13.2 Å². The summed E-state index contributed by atoms with van der Waals surface area (Å²) < 4.78 is 39.1. The molecule has 1 atom stereocenters. The van der Waals surface area contributed by atoms with Crippen LogP contribution in [0.1, 0.15) is 29.5 Å². The quantitative estimate of drug-likeness (QED) is 0.690. The van der Waals surface area contributed by atoms with Gasteiger partial charge in [0.15, 0.2) is 0 Å². The van der Waals surface area contributed by atoms with Gasteiger partial charge in [-0.1, -0.05) is 35.9 Å². The number of aryl methyl sites for hydroxylation is 1. The van der Waals surface area contributed by atoms with Gasteiger partial charge in [0.2, 0.25) is 5.91 Å². The number of urea groups is 1. The Hall–Kier alpha value is -3.07. The Morgan fingerprint density at radius 2 is 1.94 bits per heavy atom. The number of nitrogens with zero attached hydrogens (tertiary/aromatic N) is 1. The number of alkyl halides is 3. The number of hydrogen-bond donors (Lipinski definition) is 2. The molecule has 10 heteroatoms. The lowest BCUT2D eigenvalue weighted by Crippen LogP contribution is -2.47. The second-order valence-electron chi connectivity index (χ2n) is 7.48. The number of hydrogen-bond acceptors (Lipinski definition) is 3. The molecular weight excluding hydrogens is 435 g/mol. The van der Waals surface area contributed by atoms with Crippen molar-refractivity contribution >= 4 is 35.1 Å². The molecule has 2 aromatic carbocycles. The summed E-state index contributed by atoms with van der Waals surface area (Å²) in [6.45, 7) is -0.626. The number of halogens is 4. The smallest absolute Gasteiger partial charge is 0.325 e. The van der Waals surface area contributed by atoms with Crippen LogP contribution in [-0.2, 0) is 27.7 Å². The molecule has 2 aromatic rings. The van der Waals surface area contributed by atoms with E-state index in [4.69, 9.17) is 11.6 Å². The lowest BCUT2D eigenvalue weighted by atomic mass is 9.76. The molecule has 1 heterocycles. The Balaban J connectivity index is 1.53. The van der Waals surface area contributed by atoms with E-state index >= 15 is 0 Å². The van der Waals surface area contributed by atoms with Gasteiger partial charge in [-0.05, 0) is 48.6 Å². The van der Waals surface area contributed by atoms with Crippen LogP contribution in [0, 0.1) is 0 Å². The van der Waals surface area contributed by atoms with E-state index in [-0.39, 0.29) is 5.69 Å². The summed E-state index contributed by atoms with van der Waals surface area (Å²) in [7, 11) is 0. The predicted octanol–water partition coefficient (Wildman–Crippen LogP) is 4.08. The monoisotopic (exact) mass is 451 g/mol. The topological polar surface area (TPSA) is 78.5 Å². The fourth-order valence-corrected chi connectivity index (χ4v) is 4.34. The van der Waals surface area contributed by atoms with Crippen LogP contribution in [0.2, 0.25) is 5.02 Å². The maximum atomic E-state index is 13.2. The van der Waals surface area contributed by atoms with Gasteiger partial charge in [0.05, 0.1) is 10.6 Å². The van der Waals surface area contributed by atoms with Crippen LogP contribution in [0.4, 0.5) is 23.7 Å². The van der Waals surface area contributed by atoms with E-state index in [9.17, 15) is 27.6 Å². The number of amides is 4. The highest BCUT2D eigenvalue weighted by molar-refractivity contribution is 6.31. The van der Waals surface area contributed by atoms with Crippen LogP contribution in [0.3, 0.4) is 0 Å². The van der Waals surface area contributed by atoms with E-state index in [1.165, 1.54) is 6.07 Å². The minimum atomic E-state index is -4.69. The van der Waals surface area contributed by atoms with Crippen LogP contribution in [-0.4, -0.2) is 29.3 Å².